The predicted octanol–water partition coefficient (Wildman–Crippen LogP) is 13.5. The van der Waals surface area contributed by atoms with E-state index in [1.165, 1.54) is 75.1 Å². The third-order valence-electron chi connectivity index (χ3n) is 10.1. The van der Waals surface area contributed by atoms with Crippen molar-refractivity contribution in [1.82, 2.24) is 0 Å². The Labute approximate surface area is 287 Å². The zero-order chi connectivity index (χ0) is 32.5. The summed E-state index contributed by atoms with van der Waals surface area (Å²) in [6.45, 7) is 0. The third-order valence-corrected chi connectivity index (χ3v) is 11.2. The molecule has 9 aromatic carbocycles. The molecule has 0 saturated carbocycles. The van der Waals surface area contributed by atoms with E-state index in [0.717, 1.165) is 27.1 Å². The van der Waals surface area contributed by atoms with Crippen LogP contribution >= 0.6 is 11.3 Å². The molecule has 49 heavy (non-hydrogen) atoms. The van der Waals surface area contributed by atoms with Gasteiger partial charge in [-0.05, 0) is 83.9 Å². The summed E-state index contributed by atoms with van der Waals surface area (Å²) in [5.41, 5.74) is 8.12. The van der Waals surface area contributed by atoms with Crippen LogP contribution in [0, 0.1) is 11.3 Å². The zero-order valence-electron chi connectivity index (χ0n) is 26.4. The molecule has 1 heterocycles. The van der Waals surface area contributed by atoms with E-state index < -0.39 is 0 Å². The van der Waals surface area contributed by atoms with Crippen molar-refractivity contribution in [2.75, 3.05) is 0 Å². The molecular weight excluding hydrogens is 611 g/mol. The van der Waals surface area contributed by atoms with Crippen LogP contribution in [-0.4, -0.2) is 0 Å². The molecule has 0 spiro atoms. The number of nitrogens with zero attached hydrogens (tertiary/aromatic N) is 1. The van der Waals surface area contributed by atoms with Crippen LogP contribution in [0.25, 0.3) is 96.6 Å². The van der Waals surface area contributed by atoms with Crippen molar-refractivity contribution in [3.05, 3.63) is 169 Å². The molecule has 0 amide bonds. The SMILES string of the molecule is N#Cc1c2ccccc2c(-c2ccc3c(c2)sc2ccc(-c4c5ccccc5c(-c5ccccc5)c5ccccc45)cc23)c2ccccc12. The molecule has 0 bridgehead atoms. The van der Waals surface area contributed by atoms with E-state index in [9.17, 15) is 5.26 Å². The third kappa shape index (κ3) is 4.17. The Morgan fingerprint density at radius 2 is 0.755 bits per heavy atom. The minimum Gasteiger partial charge on any atom is -0.192 e. The molecule has 0 radical (unpaired) electrons. The topological polar surface area (TPSA) is 23.8 Å². The average molecular weight is 638 g/mol. The summed E-state index contributed by atoms with van der Waals surface area (Å²) in [6.07, 6.45) is 0. The molecule has 1 nitrogen and oxygen atoms in total. The van der Waals surface area contributed by atoms with Crippen LogP contribution < -0.4 is 0 Å². The minimum absolute atomic E-state index is 0.738. The lowest BCUT2D eigenvalue weighted by Crippen LogP contribution is -1.90. The van der Waals surface area contributed by atoms with Gasteiger partial charge in [0.05, 0.1) is 5.56 Å². The van der Waals surface area contributed by atoms with Crippen molar-refractivity contribution >= 4 is 74.6 Å². The Balaban J connectivity index is 1.21. The molecule has 0 aliphatic rings. The summed E-state index contributed by atoms with van der Waals surface area (Å²) in [5, 5.41) is 22.0. The van der Waals surface area contributed by atoms with E-state index in [1.807, 2.05) is 23.5 Å². The number of hydrogen-bond acceptors (Lipinski definition) is 2. The lowest BCUT2D eigenvalue weighted by Gasteiger charge is -2.17. The Hall–Kier alpha value is -6.27. The van der Waals surface area contributed by atoms with E-state index >= 15 is 0 Å². The van der Waals surface area contributed by atoms with E-state index in [-0.39, 0.29) is 0 Å². The summed E-state index contributed by atoms with van der Waals surface area (Å²) in [5.74, 6) is 0. The quantitative estimate of drug-likeness (QED) is 0.177. The number of thiophene rings is 1. The first-order chi connectivity index (χ1) is 24.3. The largest absolute Gasteiger partial charge is 0.192 e. The molecular formula is C47H27NS. The molecule has 0 atom stereocenters. The number of benzene rings is 9. The first kappa shape index (κ1) is 27.8. The first-order valence-electron chi connectivity index (χ1n) is 16.6. The summed E-state index contributed by atoms with van der Waals surface area (Å²) < 4.78 is 2.54. The van der Waals surface area contributed by atoms with Gasteiger partial charge in [0.2, 0.25) is 0 Å². The average Bonchev–Trinajstić information content (AvgIpc) is 3.53. The molecule has 0 saturated heterocycles. The van der Waals surface area contributed by atoms with Crippen molar-refractivity contribution in [2.24, 2.45) is 0 Å². The van der Waals surface area contributed by atoms with Crippen molar-refractivity contribution in [2.45, 2.75) is 0 Å². The second-order valence-corrected chi connectivity index (χ2v) is 13.8. The van der Waals surface area contributed by atoms with Crippen molar-refractivity contribution in [3.63, 3.8) is 0 Å². The van der Waals surface area contributed by atoms with E-state index in [2.05, 4.69) is 158 Å². The maximum Gasteiger partial charge on any atom is 0.100 e. The number of hydrogen-bond donors (Lipinski definition) is 0. The van der Waals surface area contributed by atoms with Gasteiger partial charge in [0.25, 0.3) is 0 Å². The van der Waals surface area contributed by atoms with Crippen LogP contribution in [0.5, 0.6) is 0 Å². The predicted molar refractivity (Wildman–Crippen MR) is 210 cm³/mol. The van der Waals surface area contributed by atoms with Gasteiger partial charge in [-0.1, -0.05) is 146 Å². The molecule has 1 aromatic heterocycles. The molecule has 0 N–H and O–H groups in total. The highest BCUT2D eigenvalue weighted by Gasteiger charge is 2.19. The first-order valence-corrected chi connectivity index (χ1v) is 17.4. The highest BCUT2D eigenvalue weighted by atomic mass is 32.1. The smallest absolute Gasteiger partial charge is 0.100 e. The van der Waals surface area contributed by atoms with Gasteiger partial charge in [-0.2, -0.15) is 5.26 Å². The van der Waals surface area contributed by atoms with Gasteiger partial charge >= 0.3 is 0 Å². The molecule has 0 aliphatic carbocycles. The molecule has 0 fully saturated rings. The fraction of sp³-hybridized carbons (Fsp3) is 0. The number of nitriles is 1. The van der Waals surface area contributed by atoms with Crippen LogP contribution in [0.4, 0.5) is 0 Å². The van der Waals surface area contributed by atoms with Gasteiger partial charge in [-0.25, -0.2) is 0 Å². The van der Waals surface area contributed by atoms with Crippen molar-refractivity contribution in [1.29, 1.82) is 5.26 Å². The van der Waals surface area contributed by atoms with E-state index in [1.54, 1.807) is 0 Å². The zero-order valence-corrected chi connectivity index (χ0v) is 27.3. The van der Waals surface area contributed by atoms with E-state index in [4.69, 9.17) is 0 Å². The number of rotatable bonds is 3. The Bertz CT molecular complexity index is 2880. The molecule has 0 unspecified atom stereocenters. The van der Waals surface area contributed by atoms with Crippen molar-refractivity contribution in [3.8, 4) is 39.4 Å². The molecule has 10 rings (SSSR count). The fourth-order valence-corrected chi connectivity index (χ4v) is 9.13. The van der Waals surface area contributed by atoms with Crippen LogP contribution in [0.2, 0.25) is 0 Å². The maximum absolute atomic E-state index is 10.2. The Morgan fingerprint density at radius 1 is 0.327 bits per heavy atom. The summed E-state index contributed by atoms with van der Waals surface area (Å²) >= 11 is 1.85. The summed E-state index contributed by atoms with van der Waals surface area (Å²) in [7, 11) is 0. The summed E-state index contributed by atoms with van der Waals surface area (Å²) in [6, 6.07) is 61.5. The van der Waals surface area contributed by atoms with Crippen LogP contribution in [-0.2, 0) is 0 Å². The second kappa shape index (κ2) is 10.9. The van der Waals surface area contributed by atoms with Gasteiger partial charge in [0, 0.05) is 30.9 Å². The van der Waals surface area contributed by atoms with Crippen LogP contribution in [0.3, 0.4) is 0 Å². The van der Waals surface area contributed by atoms with Crippen LogP contribution in [0.15, 0.2) is 164 Å². The second-order valence-electron chi connectivity index (χ2n) is 12.7. The summed E-state index contributed by atoms with van der Waals surface area (Å²) in [4.78, 5) is 0. The minimum atomic E-state index is 0.738. The molecule has 226 valence electrons. The van der Waals surface area contributed by atoms with Crippen molar-refractivity contribution < 1.29 is 0 Å². The normalized spacial score (nSPS) is 11.7. The molecule has 2 heteroatoms. The van der Waals surface area contributed by atoms with Crippen LogP contribution in [0.1, 0.15) is 5.56 Å². The number of fused-ring (bicyclic) bond motifs is 7. The lowest BCUT2D eigenvalue weighted by atomic mass is 9.86. The maximum atomic E-state index is 10.2. The Morgan fingerprint density at radius 3 is 1.29 bits per heavy atom. The van der Waals surface area contributed by atoms with Gasteiger partial charge in [0.15, 0.2) is 0 Å². The van der Waals surface area contributed by atoms with Gasteiger partial charge < -0.3 is 0 Å². The highest BCUT2D eigenvalue weighted by molar-refractivity contribution is 7.25. The van der Waals surface area contributed by atoms with Gasteiger partial charge in [-0.15, -0.1) is 11.3 Å². The Kier molecular flexibility index (Phi) is 6.18. The fourth-order valence-electron chi connectivity index (χ4n) is 8.00. The highest BCUT2D eigenvalue weighted by Crippen LogP contribution is 2.46. The lowest BCUT2D eigenvalue weighted by molar-refractivity contribution is 1.51. The monoisotopic (exact) mass is 637 g/mol. The van der Waals surface area contributed by atoms with Gasteiger partial charge in [0.1, 0.15) is 6.07 Å². The molecule has 10 aromatic rings. The molecule has 0 aliphatic heterocycles. The standard InChI is InChI=1S/C47H27NS/c48-28-42-32-14-4-6-16-35(32)47(36-17-7-5-15-33(36)42)31-22-24-34-41-26-30(23-25-43(41)49-44(34)27-31)46-39-20-10-8-18-37(39)45(29-12-2-1-3-13-29)38-19-9-11-21-40(38)46/h1-27H. The van der Waals surface area contributed by atoms with Gasteiger partial charge in [-0.3, -0.25) is 0 Å². The van der Waals surface area contributed by atoms with E-state index in [0.29, 0.717) is 0 Å².